The van der Waals surface area contributed by atoms with Gasteiger partial charge in [-0.15, -0.1) is 0 Å². The third kappa shape index (κ3) is 1.52. The molecule has 0 bridgehead atoms. The van der Waals surface area contributed by atoms with Crippen molar-refractivity contribution in [3.8, 4) is 0 Å². The Balaban J connectivity index is 2.02. The molecule has 2 heterocycles. The van der Waals surface area contributed by atoms with E-state index in [0.29, 0.717) is 18.1 Å². The van der Waals surface area contributed by atoms with Crippen molar-refractivity contribution in [1.82, 2.24) is 9.97 Å². The van der Waals surface area contributed by atoms with E-state index in [9.17, 15) is 4.79 Å². The van der Waals surface area contributed by atoms with Gasteiger partial charge in [0.25, 0.3) is 0 Å². The van der Waals surface area contributed by atoms with Gasteiger partial charge in [0.05, 0.1) is 0 Å². The summed E-state index contributed by atoms with van der Waals surface area (Å²) in [6, 6.07) is 4.03. The van der Waals surface area contributed by atoms with Gasteiger partial charge in [0.15, 0.2) is 0 Å². The number of fused-ring (bicyclic) bond motifs is 1. The average molecular weight is 214 g/mol. The molecule has 3 rings (SSSR count). The molecule has 0 spiro atoms. The van der Waals surface area contributed by atoms with Crippen LogP contribution in [0.25, 0.3) is 11.0 Å². The standard InChI is InChI=1S/C13H14N2O/c16-10-4-1-3-9(7-10)12-8-15-13-11(12)5-2-6-14-13/h2,5-6,8-9H,1,3-4,7H2,(H,14,15). The van der Waals surface area contributed by atoms with Gasteiger partial charge in [-0.25, -0.2) is 4.98 Å². The zero-order valence-electron chi connectivity index (χ0n) is 9.07. The minimum atomic E-state index is 0.388. The Morgan fingerprint density at radius 2 is 2.38 bits per heavy atom. The van der Waals surface area contributed by atoms with Crippen LogP contribution >= 0.6 is 0 Å². The number of hydrogen-bond acceptors (Lipinski definition) is 2. The summed E-state index contributed by atoms with van der Waals surface area (Å²) in [5.74, 6) is 0.786. The molecule has 16 heavy (non-hydrogen) atoms. The molecule has 0 saturated heterocycles. The van der Waals surface area contributed by atoms with Gasteiger partial charge in [-0.2, -0.15) is 0 Å². The summed E-state index contributed by atoms with van der Waals surface area (Å²) in [7, 11) is 0. The predicted octanol–water partition coefficient (Wildman–Crippen LogP) is 2.79. The monoisotopic (exact) mass is 214 g/mol. The topological polar surface area (TPSA) is 45.8 Å². The van der Waals surface area contributed by atoms with Crippen LogP contribution in [0.2, 0.25) is 0 Å². The third-order valence-corrected chi connectivity index (χ3v) is 3.41. The number of Topliss-reactive ketones (excluding diaryl/α,β-unsaturated/α-hetero) is 1. The molecule has 82 valence electrons. The zero-order valence-corrected chi connectivity index (χ0v) is 9.07. The van der Waals surface area contributed by atoms with Crippen molar-refractivity contribution in [2.24, 2.45) is 0 Å². The number of carbonyl (C=O) groups is 1. The van der Waals surface area contributed by atoms with E-state index in [1.807, 2.05) is 12.3 Å². The fraction of sp³-hybridized carbons (Fsp3) is 0.385. The number of carbonyl (C=O) groups excluding carboxylic acids is 1. The first-order chi connectivity index (χ1) is 7.84. The molecule has 0 aromatic carbocycles. The number of hydrogen-bond donors (Lipinski definition) is 1. The van der Waals surface area contributed by atoms with Gasteiger partial charge in [0, 0.05) is 30.6 Å². The highest BCUT2D eigenvalue weighted by molar-refractivity contribution is 5.84. The van der Waals surface area contributed by atoms with E-state index >= 15 is 0 Å². The van der Waals surface area contributed by atoms with Gasteiger partial charge < -0.3 is 4.98 Å². The van der Waals surface area contributed by atoms with E-state index in [2.05, 4.69) is 16.0 Å². The molecule has 1 aliphatic rings. The Kier molecular flexibility index (Phi) is 2.24. The summed E-state index contributed by atoms with van der Waals surface area (Å²) in [5, 5.41) is 1.17. The van der Waals surface area contributed by atoms with Gasteiger partial charge >= 0.3 is 0 Å². The number of ketones is 1. The number of aromatic amines is 1. The molecule has 2 aromatic heterocycles. The Bertz CT molecular complexity index is 529. The van der Waals surface area contributed by atoms with Crippen molar-refractivity contribution >= 4 is 16.8 Å². The molecular weight excluding hydrogens is 200 g/mol. The highest BCUT2D eigenvalue weighted by Crippen LogP contribution is 2.34. The quantitative estimate of drug-likeness (QED) is 0.793. The summed E-state index contributed by atoms with van der Waals surface area (Å²) in [4.78, 5) is 18.9. The predicted molar refractivity (Wildman–Crippen MR) is 62.3 cm³/mol. The summed E-state index contributed by atoms with van der Waals surface area (Å²) >= 11 is 0. The number of H-pyrrole nitrogens is 1. The van der Waals surface area contributed by atoms with Gasteiger partial charge in [-0.3, -0.25) is 4.79 Å². The van der Waals surface area contributed by atoms with E-state index < -0.39 is 0 Å². The maximum absolute atomic E-state index is 11.5. The van der Waals surface area contributed by atoms with Crippen LogP contribution in [0.15, 0.2) is 24.5 Å². The van der Waals surface area contributed by atoms with Crippen LogP contribution in [0.1, 0.15) is 37.2 Å². The lowest BCUT2D eigenvalue weighted by molar-refractivity contribution is -0.120. The lowest BCUT2D eigenvalue weighted by atomic mass is 9.83. The second-order valence-electron chi connectivity index (χ2n) is 4.48. The second kappa shape index (κ2) is 3.74. The van der Waals surface area contributed by atoms with E-state index in [1.165, 1.54) is 10.9 Å². The first kappa shape index (κ1) is 9.58. The van der Waals surface area contributed by atoms with Crippen molar-refractivity contribution in [2.45, 2.75) is 31.6 Å². The van der Waals surface area contributed by atoms with Crippen LogP contribution in [0, 0.1) is 0 Å². The molecule has 0 amide bonds. The lowest BCUT2D eigenvalue weighted by Gasteiger charge is -2.20. The van der Waals surface area contributed by atoms with Crippen molar-refractivity contribution in [1.29, 1.82) is 0 Å². The summed E-state index contributed by atoms with van der Waals surface area (Å²) < 4.78 is 0. The fourth-order valence-electron chi connectivity index (χ4n) is 2.60. The van der Waals surface area contributed by atoms with Crippen LogP contribution in [0.3, 0.4) is 0 Å². The fourth-order valence-corrected chi connectivity index (χ4v) is 2.60. The van der Waals surface area contributed by atoms with Crippen LogP contribution in [0.4, 0.5) is 0 Å². The molecule has 2 aromatic rings. The maximum atomic E-state index is 11.5. The van der Waals surface area contributed by atoms with Crippen molar-refractivity contribution < 1.29 is 4.79 Å². The Morgan fingerprint density at radius 3 is 3.25 bits per heavy atom. The van der Waals surface area contributed by atoms with Crippen molar-refractivity contribution in [3.63, 3.8) is 0 Å². The molecular formula is C13H14N2O. The van der Waals surface area contributed by atoms with E-state index in [-0.39, 0.29) is 0 Å². The SMILES string of the molecule is O=C1CCCC(c2c[nH]c3ncccc23)C1. The number of nitrogens with zero attached hydrogens (tertiary/aromatic N) is 1. The summed E-state index contributed by atoms with van der Waals surface area (Å²) in [6.07, 6.45) is 7.40. The zero-order chi connectivity index (χ0) is 11.0. The van der Waals surface area contributed by atoms with E-state index in [1.54, 1.807) is 6.20 Å². The molecule has 1 saturated carbocycles. The number of rotatable bonds is 1. The first-order valence-electron chi connectivity index (χ1n) is 5.78. The highest BCUT2D eigenvalue weighted by atomic mass is 16.1. The van der Waals surface area contributed by atoms with E-state index in [4.69, 9.17) is 0 Å². The maximum Gasteiger partial charge on any atom is 0.137 e. The smallest absolute Gasteiger partial charge is 0.137 e. The lowest BCUT2D eigenvalue weighted by Crippen LogP contribution is -2.12. The summed E-state index contributed by atoms with van der Waals surface area (Å²) in [6.45, 7) is 0. The van der Waals surface area contributed by atoms with E-state index in [0.717, 1.165) is 24.9 Å². The molecule has 1 atom stereocenters. The van der Waals surface area contributed by atoms with Crippen LogP contribution in [-0.2, 0) is 4.79 Å². The van der Waals surface area contributed by atoms with Gasteiger partial charge in [-0.1, -0.05) is 0 Å². The van der Waals surface area contributed by atoms with Crippen molar-refractivity contribution in [2.75, 3.05) is 0 Å². The van der Waals surface area contributed by atoms with Gasteiger partial charge in [-0.05, 0) is 36.5 Å². The third-order valence-electron chi connectivity index (χ3n) is 3.41. The summed E-state index contributed by atoms with van der Waals surface area (Å²) in [5.41, 5.74) is 2.19. The second-order valence-corrected chi connectivity index (χ2v) is 4.48. The van der Waals surface area contributed by atoms with Crippen LogP contribution < -0.4 is 0 Å². The Hall–Kier alpha value is -1.64. The largest absolute Gasteiger partial charge is 0.346 e. The number of nitrogens with one attached hydrogen (secondary N) is 1. The van der Waals surface area contributed by atoms with Crippen molar-refractivity contribution in [3.05, 3.63) is 30.1 Å². The minimum Gasteiger partial charge on any atom is -0.346 e. The molecule has 0 aliphatic heterocycles. The molecule has 3 heteroatoms. The Morgan fingerprint density at radius 1 is 1.44 bits per heavy atom. The molecule has 3 nitrogen and oxygen atoms in total. The molecule has 1 N–H and O–H groups in total. The number of pyridine rings is 1. The van der Waals surface area contributed by atoms with Crippen LogP contribution in [0.5, 0.6) is 0 Å². The van der Waals surface area contributed by atoms with Gasteiger partial charge in [0.2, 0.25) is 0 Å². The molecule has 0 radical (unpaired) electrons. The first-order valence-corrected chi connectivity index (χ1v) is 5.78. The van der Waals surface area contributed by atoms with Gasteiger partial charge in [0.1, 0.15) is 11.4 Å². The Labute approximate surface area is 93.9 Å². The minimum absolute atomic E-state index is 0.388. The van der Waals surface area contributed by atoms with Crippen LogP contribution in [-0.4, -0.2) is 15.8 Å². The molecule has 1 aliphatic carbocycles. The molecule has 1 fully saturated rings. The molecule has 1 unspecified atom stereocenters. The normalized spacial score (nSPS) is 21.5. The number of aromatic nitrogens is 2. The average Bonchev–Trinajstić information content (AvgIpc) is 2.72. The highest BCUT2D eigenvalue weighted by Gasteiger charge is 2.23.